The lowest BCUT2D eigenvalue weighted by Gasteiger charge is -2.25. The van der Waals surface area contributed by atoms with E-state index in [2.05, 4.69) is 70.3 Å². The second kappa shape index (κ2) is 8.93. The van der Waals surface area contributed by atoms with Gasteiger partial charge >= 0.3 is 0 Å². The molecule has 0 saturated heterocycles. The van der Waals surface area contributed by atoms with Crippen molar-refractivity contribution in [3.8, 4) is 0 Å². The Bertz CT molecular complexity index is 336. The minimum Gasteiger partial charge on any atom is -0.362 e. The molecule has 0 unspecified atom stereocenters. The molecule has 5 heteroatoms. The molecule has 2 rings (SSSR count). The van der Waals surface area contributed by atoms with E-state index in [4.69, 9.17) is 0 Å². The van der Waals surface area contributed by atoms with E-state index < -0.39 is 0 Å². The predicted molar refractivity (Wildman–Crippen MR) is 92.9 cm³/mol. The summed E-state index contributed by atoms with van der Waals surface area (Å²) in [5, 5.41) is 0. The molecule has 0 aromatic rings. The fraction of sp³-hybridized carbons (Fsp3) is 0.765. The largest absolute Gasteiger partial charge is 0.362 e. The molecule has 22 heavy (non-hydrogen) atoms. The smallest absolute Gasteiger partial charge is 0.0890 e. The fourth-order valence-electron chi connectivity index (χ4n) is 3.11. The molecule has 0 atom stereocenters. The monoisotopic (exact) mass is 307 g/mol. The van der Waals surface area contributed by atoms with E-state index in [0.717, 1.165) is 13.3 Å². The van der Waals surface area contributed by atoms with E-state index in [1.54, 1.807) is 0 Å². The van der Waals surface area contributed by atoms with Gasteiger partial charge in [-0.25, -0.2) is 0 Å². The summed E-state index contributed by atoms with van der Waals surface area (Å²) in [6.07, 6.45) is 12.5. The lowest BCUT2D eigenvalue weighted by molar-refractivity contribution is 0.223. The van der Waals surface area contributed by atoms with Crippen LogP contribution in [0.1, 0.15) is 26.2 Å². The molecule has 0 aromatic carbocycles. The van der Waals surface area contributed by atoms with Crippen LogP contribution >= 0.6 is 0 Å². The summed E-state index contributed by atoms with van der Waals surface area (Å²) in [5.41, 5.74) is 0. The molecule has 2 aliphatic heterocycles. The lowest BCUT2D eigenvalue weighted by atomic mass is 10.3. The van der Waals surface area contributed by atoms with Gasteiger partial charge in [-0.2, -0.15) is 0 Å². The lowest BCUT2D eigenvalue weighted by Crippen LogP contribution is -2.32. The molecular formula is C17H33N5. The molecule has 0 amide bonds. The Morgan fingerprint density at radius 3 is 1.64 bits per heavy atom. The molecule has 2 aliphatic rings. The Balaban J connectivity index is 1.58. The molecule has 126 valence electrons. The summed E-state index contributed by atoms with van der Waals surface area (Å²) in [7, 11) is 4.26. The van der Waals surface area contributed by atoms with Crippen LogP contribution in [0.25, 0.3) is 0 Å². The van der Waals surface area contributed by atoms with Crippen LogP contribution in [0.5, 0.6) is 0 Å². The molecule has 0 aromatic heterocycles. The van der Waals surface area contributed by atoms with Crippen molar-refractivity contribution in [2.24, 2.45) is 0 Å². The van der Waals surface area contributed by atoms with Crippen LogP contribution in [0.15, 0.2) is 24.8 Å². The molecule has 5 nitrogen and oxygen atoms in total. The van der Waals surface area contributed by atoms with Gasteiger partial charge in [0.1, 0.15) is 0 Å². The zero-order valence-corrected chi connectivity index (χ0v) is 14.6. The van der Waals surface area contributed by atoms with Gasteiger partial charge in [0, 0.05) is 52.0 Å². The van der Waals surface area contributed by atoms with E-state index in [-0.39, 0.29) is 0 Å². The Kier molecular flexibility index (Phi) is 6.90. The fourth-order valence-corrected chi connectivity index (χ4v) is 3.11. The van der Waals surface area contributed by atoms with Crippen molar-refractivity contribution in [2.75, 3.05) is 60.2 Å². The average molecular weight is 307 g/mol. The molecular weight excluding hydrogens is 274 g/mol. The Morgan fingerprint density at radius 2 is 1.27 bits per heavy atom. The molecule has 0 spiro atoms. The van der Waals surface area contributed by atoms with E-state index in [0.29, 0.717) is 0 Å². The first-order valence-corrected chi connectivity index (χ1v) is 8.65. The van der Waals surface area contributed by atoms with Crippen molar-refractivity contribution in [3.63, 3.8) is 0 Å². The maximum atomic E-state index is 2.63. The molecule has 2 heterocycles. The van der Waals surface area contributed by atoms with Gasteiger partial charge in [-0.3, -0.25) is 0 Å². The first-order valence-electron chi connectivity index (χ1n) is 8.65. The van der Waals surface area contributed by atoms with Gasteiger partial charge in [-0.05, 0) is 38.9 Å². The van der Waals surface area contributed by atoms with E-state index in [1.807, 2.05) is 0 Å². The van der Waals surface area contributed by atoms with Crippen LogP contribution < -0.4 is 0 Å². The van der Waals surface area contributed by atoms with Gasteiger partial charge < -0.3 is 24.5 Å². The Hall–Kier alpha value is -1.36. The molecule has 0 radical (unpaired) electrons. The van der Waals surface area contributed by atoms with Crippen molar-refractivity contribution >= 4 is 0 Å². The number of nitrogens with zero attached hydrogens (tertiary/aromatic N) is 5. The molecule has 0 N–H and O–H groups in total. The summed E-state index contributed by atoms with van der Waals surface area (Å²) < 4.78 is 0. The van der Waals surface area contributed by atoms with Gasteiger partial charge in [0.2, 0.25) is 0 Å². The van der Waals surface area contributed by atoms with Crippen LogP contribution in [-0.2, 0) is 0 Å². The topological polar surface area (TPSA) is 16.2 Å². The zero-order chi connectivity index (χ0) is 15.8. The van der Waals surface area contributed by atoms with Crippen LogP contribution in [0, 0.1) is 0 Å². The van der Waals surface area contributed by atoms with E-state index in [1.165, 1.54) is 52.0 Å². The predicted octanol–water partition coefficient (Wildman–Crippen LogP) is 1.83. The second-order valence-electron chi connectivity index (χ2n) is 6.57. The average Bonchev–Trinajstić information content (AvgIpc) is 3.08. The van der Waals surface area contributed by atoms with Gasteiger partial charge in [0.15, 0.2) is 0 Å². The highest BCUT2D eigenvalue weighted by Gasteiger charge is 2.11. The van der Waals surface area contributed by atoms with Crippen LogP contribution in [0.2, 0.25) is 0 Å². The van der Waals surface area contributed by atoms with Crippen molar-refractivity contribution in [2.45, 2.75) is 26.2 Å². The second-order valence-corrected chi connectivity index (χ2v) is 6.57. The maximum Gasteiger partial charge on any atom is 0.0890 e. The number of rotatable bonds is 10. The minimum atomic E-state index is 1.04. The molecule has 0 bridgehead atoms. The van der Waals surface area contributed by atoms with Gasteiger partial charge in [-0.1, -0.05) is 6.92 Å². The van der Waals surface area contributed by atoms with Crippen molar-refractivity contribution in [1.82, 2.24) is 24.5 Å². The van der Waals surface area contributed by atoms with Crippen LogP contribution in [-0.4, -0.2) is 84.7 Å². The SMILES string of the molecule is CCCN(CCCN1C=CN(C)C1)CCCN1C=CN(C)C1. The third-order valence-electron chi connectivity index (χ3n) is 4.25. The number of hydrogen-bond donors (Lipinski definition) is 0. The summed E-state index contributed by atoms with van der Waals surface area (Å²) in [5.74, 6) is 0. The van der Waals surface area contributed by atoms with Crippen LogP contribution in [0.4, 0.5) is 0 Å². The maximum absolute atomic E-state index is 2.63. The highest BCUT2D eigenvalue weighted by Crippen LogP contribution is 2.07. The quantitative estimate of drug-likeness (QED) is 0.610. The van der Waals surface area contributed by atoms with E-state index >= 15 is 0 Å². The highest BCUT2D eigenvalue weighted by atomic mass is 15.3. The minimum absolute atomic E-state index is 1.04. The summed E-state index contributed by atoms with van der Waals surface area (Å²) in [4.78, 5) is 11.9. The highest BCUT2D eigenvalue weighted by molar-refractivity contribution is 4.89. The third kappa shape index (κ3) is 5.79. The van der Waals surface area contributed by atoms with Crippen molar-refractivity contribution < 1.29 is 0 Å². The third-order valence-corrected chi connectivity index (χ3v) is 4.25. The first kappa shape index (κ1) is 17.0. The standard InChI is InChI=1S/C17H33N5/c1-4-7-20(8-5-10-21-14-12-18(2)16-21)9-6-11-22-15-13-19(3)17-22/h12-15H,4-11,16-17H2,1-3H3. The molecule has 0 aliphatic carbocycles. The summed E-state index contributed by atoms with van der Waals surface area (Å²) in [6.45, 7) is 10.4. The molecule has 0 fully saturated rings. The first-order chi connectivity index (χ1) is 10.7. The Labute approximate surface area is 136 Å². The summed E-state index contributed by atoms with van der Waals surface area (Å²) in [6, 6.07) is 0. The van der Waals surface area contributed by atoms with Crippen LogP contribution in [0.3, 0.4) is 0 Å². The molecule has 0 saturated carbocycles. The van der Waals surface area contributed by atoms with Gasteiger partial charge in [0.05, 0.1) is 13.3 Å². The van der Waals surface area contributed by atoms with Crippen molar-refractivity contribution in [3.05, 3.63) is 24.8 Å². The zero-order valence-electron chi connectivity index (χ0n) is 14.6. The van der Waals surface area contributed by atoms with E-state index in [9.17, 15) is 0 Å². The Morgan fingerprint density at radius 1 is 0.773 bits per heavy atom. The normalized spacial score (nSPS) is 17.6. The van der Waals surface area contributed by atoms with Gasteiger partial charge in [0.25, 0.3) is 0 Å². The number of hydrogen-bond acceptors (Lipinski definition) is 5. The van der Waals surface area contributed by atoms with Crippen molar-refractivity contribution in [1.29, 1.82) is 0 Å². The summed E-state index contributed by atoms with van der Waals surface area (Å²) >= 11 is 0. The van der Waals surface area contributed by atoms with Gasteiger partial charge in [-0.15, -0.1) is 0 Å².